The highest BCUT2D eigenvalue weighted by Crippen LogP contribution is 2.45. The van der Waals surface area contributed by atoms with E-state index in [0.29, 0.717) is 12.0 Å². The molecular formula is C17H23Br2NO. The van der Waals surface area contributed by atoms with E-state index in [1.165, 1.54) is 37.7 Å². The third-order valence-electron chi connectivity index (χ3n) is 5.07. The number of rotatable bonds is 3. The molecule has 3 rings (SSSR count). The molecular weight excluding hydrogens is 394 g/mol. The number of benzene rings is 1. The summed E-state index contributed by atoms with van der Waals surface area (Å²) >= 11 is 7.22. The SMILES string of the molecule is CNC(c1cc(Br)cc(Br)c1)C1CCOC2(CCCC2)C1. The smallest absolute Gasteiger partial charge is 0.0686 e. The van der Waals surface area contributed by atoms with Gasteiger partial charge in [0.25, 0.3) is 0 Å². The fraction of sp³-hybridized carbons (Fsp3) is 0.647. The summed E-state index contributed by atoms with van der Waals surface area (Å²) in [6.45, 7) is 0.915. The van der Waals surface area contributed by atoms with Crippen LogP contribution < -0.4 is 5.32 Å². The van der Waals surface area contributed by atoms with Crippen LogP contribution in [0, 0.1) is 5.92 Å². The maximum Gasteiger partial charge on any atom is 0.0686 e. The second kappa shape index (κ2) is 6.69. The summed E-state index contributed by atoms with van der Waals surface area (Å²) in [7, 11) is 2.08. The van der Waals surface area contributed by atoms with Crippen LogP contribution in [0.5, 0.6) is 0 Å². The first kappa shape index (κ1) is 16.0. The summed E-state index contributed by atoms with van der Waals surface area (Å²) in [6.07, 6.45) is 7.52. The van der Waals surface area contributed by atoms with Crippen LogP contribution in [-0.4, -0.2) is 19.3 Å². The Labute approximate surface area is 144 Å². The molecule has 116 valence electrons. The average Bonchev–Trinajstić information content (AvgIpc) is 2.86. The minimum atomic E-state index is 0.182. The van der Waals surface area contributed by atoms with Crippen molar-refractivity contribution in [3.8, 4) is 0 Å². The van der Waals surface area contributed by atoms with Crippen molar-refractivity contribution in [2.75, 3.05) is 13.7 Å². The molecule has 1 saturated carbocycles. The van der Waals surface area contributed by atoms with Crippen LogP contribution in [0.15, 0.2) is 27.1 Å². The van der Waals surface area contributed by atoms with E-state index in [0.717, 1.165) is 22.0 Å². The summed E-state index contributed by atoms with van der Waals surface area (Å²) < 4.78 is 8.46. The van der Waals surface area contributed by atoms with E-state index in [1.807, 2.05) is 0 Å². The van der Waals surface area contributed by atoms with Gasteiger partial charge in [-0.1, -0.05) is 44.7 Å². The Kier molecular flexibility index (Phi) is 5.09. The van der Waals surface area contributed by atoms with Gasteiger partial charge < -0.3 is 10.1 Å². The van der Waals surface area contributed by atoms with Gasteiger partial charge in [-0.2, -0.15) is 0 Å². The largest absolute Gasteiger partial charge is 0.375 e. The first-order chi connectivity index (χ1) is 10.1. The normalized spacial score (nSPS) is 26.1. The lowest BCUT2D eigenvalue weighted by atomic mass is 9.78. The topological polar surface area (TPSA) is 21.3 Å². The predicted molar refractivity (Wildman–Crippen MR) is 93.5 cm³/mol. The predicted octanol–water partition coefficient (Wildman–Crippen LogP) is 5.21. The molecule has 1 spiro atoms. The Bertz CT molecular complexity index is 479. The second-order valence-corrected chi connectivity index (χ2v) is 8.29. The molecule has 0 radical (unpaired) electrons. The van der Waals surface area contributed by atoms with Gasteiger partial charge in [0.1, 0.15) is 0 Å². The minimum Gasteiger partial charge on any atom is -0.375 e. The third-order valence-corrected chi connectivity index (χ3v) is 5.99. The molecule has 1 N–H and O–H groups in total. The van der Waals surface area contributed by atoms with E-state index in [4.69, 9.17) is 4.74 Å². The molecule has 2 unspecified atom stereocenters. The Morgan fingerprint density at radius 1 is 1.19 bits per heavy atom. The molecule has 0 aromatic heterocycles. The Hall–Kier alpha value is 0.1000. The van der Waals surface area contributed by atoms with Gasteiger partial charge in [-0.05, 0) is 62.4 Å². The molecule has 21 heavy (non-hydrogen) atoms. The fourth-order valence-corrected chi connectivity index (χ4v) is 5.48. The van der Waals surface area contributed by atoms with Crippen LogP contribution >= 0.6 is 31.9 Å². The van der Waals surface area contributed by atoms with Crippen molar-refractivity contribution in [1.29, 1.82) is 0 Å². The van der Waals surface area contributed by atoms with Crippen LogP contribution in [0.4, 0.5) is 0 Å². The number of nitrogens with one attached hydrogen (secondary N) is 1. The molecule has 4 heteroatoms. The molecule has 2 fully saturated rings. The van der Waals surface area contributed by atoms with Crippen LogP contribution in [-0.2, 0) is 4.74 Å². The zero-order valence-corrected chi connectivity index (χ0v) is 15.7. The number of ether oxygens (including phenoxy) is 1. The molecule has 2 atom stereocenters. The van der Waals surface area contributed by atoms with Crippen molar-refractivity contribution >= 4 is 31.9 Å². The van der Waals surface area contributed by atoms with Gasteiger partial charge in [0.2, 0.25) is 0 Å². The summed E-state index contributed by atoms with van der Waals surface area (Å²) in [5, 5.41) is 3.55. The summed E-state index contributed by atoms with van der Waals surface area (Å²) in [6, 6.07) is 6.98. The second-order valence-electron chi connectivity index (χ2n) is 6.46. The Balaban J connectivity index is 1.82. The molecule has 1 heterocycles. The van der Waals surface area contributed by atoms with Gasteiger partial charge in [0.15, 0.2) is 0 Å². The Morgan fingerprint density at radius 2 is 1.86 bits per heavy atom. The van der Waals surface area contributed by atoms with E-state index in [9.17, 15) is 0 Å². The summed E-state index contributed by atoms with van der Waals surface area (Å²) in [4.78, 5) is 0. The lowest BCUT2D eigenvalue weighted by Gasteiger charge is -2.41. The molecule has 1 aromatic rings. The van der Waals surface area contributed by atoms with Crippen molar-refractivity contribution in [2.24, 2.45) is 5.92 Å². The van der Waals surface area contributed by atoms with Gasteiger partial charge in [-0.25, -0.2) is 0 Å². The molecule has 2 aliphatic rings. The zero-order chi connectivity index (χ0) is 14.9. The summed E-state index contributed by atoms with van der Waals surface area (Å²) in [5.41, 5.74) is 1.54. The van der Waals surface area contributed by atoms with E-state index in [2.05, 4.69) is 62.4 Å². The maximum absolute atomic E-state index is 6.19. The highest BCUT2D eigenvalue weighted by molar-refractivity contribution is 9.11. The first-order valence-corrected chi connectivity index (χ1v) is 9.48. The first-order valence-electron chi connectivity index (χ1n) is 7.89. The molecule has 1 aliphatic carbocycles. The molecule has 1 saturated heterocycles. The van der Waals surface area contributed by atoms with Gasteiger partial charge >= 0.3 is 0 Å². The highest BCUT2D eigenvalue weighted by Gasteiger charge is 2.42. The van der Waals surface area contributed by atoms with E-state index in [-0.39, 0.29) is 5.60 Å². The molecule has 2 nitrogen and oxygen atoms in total. The van der Waals surface area contributed by atoms with E-state index >= 15 is 0 Å². The van der Waals surface area contributed by atoms with Crippen molar-refractivity contribution in [2.45, 2.75) is 50.2 Å². The number of halogens is 2. The molecule has 1 aromatic carbocycles. The quantitative estimate of drug-likeness (QED) is 0.729. The van der Waals surface area contributed by atoms with Gasteiger partial charge in [0.05, 0.1) is 5.60 Å². The average molecular weight is 417 g/mol. The molecule has 0 bridgehead atoms. The van der Waals surface area contributed by atoms with Crippen molar-refractivity contribution in [1.82, 2.24) is 5.32 Å². The molecule has 0 amide bonds. The monoisotopic (exact) mass is 415 g/mol. The van der Waals surface area contributed by atoms with E-state index < -0.39 is 0 Å². The standard InChI is InChI=1S/C17H23Br2NO/c1-20-16(13-8-14(18)10-15(19)9-13)12-4-7-21-17(11-12)5-2-3-6-17/h8-10,12,16,20H,2-7,11H2,1H3. The van der Waals surface area contributed by atoms with Crippen LogP contribution in [0.25, 0.3) is 0 Å². The highest BCUT2D eigenvalue weighted by atomic mass is 79.9. The fourth-order valence-electron chi connectivity index (χ4n) is 4.15. The van der Waals surface area contributed by atoms with Crippen molar-refractivity contribution < 1.29 is 4.74 Å². The van der Waals surface area contributed by atoms with Crippen molar-refractivity contribution in [3.05, 3.63) is 32.7 Å². The summed E-state index contributed by atoms with van der Waals surface area (Å²) in [5.74, 6) is 0.656. The van der Waals surface area contributed by atoms with Crippen LogP contribution in [0.1, 0.15) is 50.1 Å². The minimum absolute atomic E-state index is 0.182. The lowest BCUT2D eigenvalue weighted by molar-refractivity contribution is -0.0979. The van der Waals surface area contributed by atoms with Crippen LogP contribution in [0.2, 0.25) is 0 Å². The maximum atomic E-state index is 6.19. The van der Waals surface area contributed by atoms with Crippen LogP contribution in [0.3, 0.4) is 0 Å². The molecule has 1 aliphatic heterocycles. The van der Waals surface area contributed by atoms with Gasteiger partial charge in [0, 0.05) is 21.6 Å². The number of hydrogen-bond donors (Lipinski definition) is 1. The van der Waals surface area contributed by atoms with E-state index in [1.54, 1.807) is 0 Å². The van der Waals surface area contributed by atoms with Gasteiger partial charge in [-0.3, -0.25) is 0 Å². The zero-order valence-electron chi connectivity index (χ0n) is 12.5. The third kappa shape index (κ3) is 3.54. The van der Waals surface area contributed by atoms with Gasteiger partial charge in [-0.15, -0.1) is 0 Å². The lowest BCUT2D eigenvalue weighted by Crippen LogP contribution is -2.41. The number of hydrogen-bond acceptors (Lipinski definition) is 2. The van der Waals surface area contributed by atoms with Crippen molar-refractivity contribution in [3.63, 3.8) is 0 Å². The Morgan fingerprint density at radius 3 is 2.48 bits per heavy atom.